The maximum Gasteiger partial charge on any atom is -1.00 e. The topological polar surface area (TPSA) is 0 Å². The van der Waals surface area contributed by atoms with Crippen molar-refractivity contribution in [1.29, 1.82) is 0 Å². The van der Waals surface area contributed by atoms with E-state index in [1.807, 2.05) is 0 Å². The standard InChI is InChI=1S/2C16H36N.BF3.F6P.FH/c2*1-5-9-13-17(14-10-6-2,15-11-7-3)16-12-8-4;2-1(3)4;1-7(2,3,4,5)6;/h2*5-16H2,1-4H3;;;1H/q2*+1;;-1;/p-1. The molecule has 46 heavy (non-hydrogen) atoms. The van der Waals surface area contributed by atoms with Crippen LogP contribution in [0.15, 0.2) is 0 Å². The summed E-state index contributed by atoms with van der Waals surface area (Å²) in [6.45, 7) is 30.0. The van der Waals surface area contributed by atoms with Crippen LogP contribution in [0.1, 0.15) is 158 Å². The summed E-state index contributed by atoms with van der Waals surface area (Å²) in [5.74, 6) is 0. The number of quaternary nitrogens is 2. The predicted octanol–water partition coefficient (Wildman–Crippen LogP) is 11.3. The van der Waals surface area contributed by atoms with Gasteiger partial charge in [0, 0.05) is 0 Å². The van der Waals surface area contributed by atoms with E-state index in [4.69, 9.17) is 0 Å². The van der Waals surface area contributed by atoms with E-state index in [1.165, 1.54) is 164 Å². The number of hydrogen-bond acceptors (Lipinski definition) is 0. The minimum atomic E-state index is -10.7. The second kappa shape index (κ2) is 29.6. The third-order valence-corrected chi connectivity index (χ3v) is 7.89. The molecular weight excluding hydrogens is 644 g/mol. The molecule has 0 aromatic heterocycles. The summed E-state index contributed by atoms with van der Waals surface area (Å²) < 4.78 is 91.0. The molecule has 288 valence electrons. The summed E-state index contributed by atoms with van der Waals surface area (Å²) in [5.41, 5.74) is 0. The van der Waals surface area contributed by atoms with Gasteiger partial charge in [-0.25, -0.2) is 0 Å². The first-order valence-corrected chi connectivity index (χ1v) is 19.9. The molecule has 0 aromatic carbocycles. The van der Waals surface area contributed by atoms with E-state index in [-0.39, 0.29) is 4.70 Å². The molecule has 0 unspecified atom stereocenters. The van der Waals surface area contributed by atoms with Gasteiger partial charge in [-0.1, -0.05) is 107 Å². The second-order valence-electron chi connectivity index (χ2n) is 12.5. The van der Waals surface area contributed by atoms with Crippen LogP contribution in [0.25, 0.3) is 0 Å². The average Bonchev–Trinajstić information content (AvgIpc) is 2.94. The van der Waals surface area contributed by atoms with Gasteiger partial charge in [-0.2, -0.15) is 0 Å². The minimum Gasteiger partial charge on any atom is -1.00 e. The minimum absolute atomic E-state index is 0. The summed E-state index contributed by atoms with van der Waals surface area (Å²) >= 11 is 0. The van der Waals surface area contributed by atoms with Gasteiger partial charge in [0.2, 0.25) is 0 Å². The molecule has 14 heteroatoms. The van der Waals surface area contributed by atoms with Gasteiger partial charge in [-0.3, -0.25) is 12.9 Å². The van der Waals surface area contributed by atoms with Gasteiger partial charge in [-0.05, 0) is 51.4 Å². The Hall–Kier alpha value is -0.285. The molecular formula is C32H72BF10N2P. The number of unbranched alkanes of at least 4 members (excludes halogenated alkanes) is 8. The largest absolute Gasteiger partial charge is 1.00 e. The van der Waals surface area contributed by atoms with Crippen molar-refractivity contribution in [3.05, 3.63) is 0 Å². The fraction of sp³-hybridized carbons (Fsp3) is 1.00. The van der Waals surface area contributed by atoms with Crippen molar-refractivity contribution in [1.82, 2.24) is 0 Å². The summed E-state index contributed by atoms with van der Waals surface area (Å²) in [6, 6.07) is 0. The summed E-state index contributed by atoms with van der Waals surface area (Å²) in [5, 5.41) is 0. The molecule has 0 amide bonds. The van der Waals surface area contributed by atoms with Gasteiger partial charge in [0.1, 0.15) is 0 Å². The third-order valence-electron chi connectivity index (χ3n) is 7.89. The Morgan fingerprint density at radius 3 is 0.500 bits per heavy atom. The molecule has 0 N–H and O–H groups in total. The first-order valence-electron chi connectivity index (χ1n) is 17.9. The number of hydrogen-bond donors (Lipinski definition) is 0. The molecule has 0 bridgehead atoms. The van der Waals surface area contributed by atoms with Crippen molar-refractivity contribution in [2.24, 2.45) is 0 Å². The van der Waals surface area contributed by atoms with Crippen molar-refractivity contribution in [2.45, 2.75) is 158 Å². The van der Waals surface area contributed by atoms with Gasteiger partial charge >= 0.3 is 40.5 Å². The monoisotopic (exact) mass is 717 g/mol. The van der Waals surface area contributed by atoms with Gasteiger partial charge in [0.05, 0.1) is 52.4 Å². The Morgan fingerprint density at radius 2 is 0.435 bits per heavy atom. The molecule has 0 aliphatic carbocycles. The van der Waals surface area contributed by atoms with Crippen LogP contribution >= 0.6 is 7.81 Å². The van der Waals surface area contributed by atoms with Crippen LogP contribution in [-0.4, -0.2) is 68.9 Å². The first-order chi connectivity index (χ1) is 20.7. The van der Waals surface area contributed by atoms with Crippen molar-refractivity contribution >= 4 is 15.4 Å². The zero-order valence-electron chi connectivity index (χ0n) is 30.7. The second-order valence-corrected chi connectivity index (χ2v) is 14.4. The van der Waals surface area contributed by atoms with Gasteiger partial charge in [0.15, 0.2) is 0 Å². The fourth-order valence-corrected chi connectivity index (χ4v) is 5.29. The van der Waals surface area contributed by atoms with E-state index in [0.29, 0.717) is 0 Å². The molecule has 2 nitrogen and oxygen atoms in total. The van der Waals surface area contributed by atoms with Crippen LogP contribution in [0.5, 0.6) is 0 Å². The Bertz CT molecular complexity index is 502. The third kappa shape index (κ3) is 50.6. The van der Waals surface area contributed by atoms with Crippen molar-refractivity contribution in [3.63, 3.8) is 0 Å². The van der Waals surface area contributed by atoms with E-state index in [9.17, 15) is 38.1 Å². The number of nitrogens with zero attached hydrogens (tertiary/aromatic N) is 2. The quantitative estimate of drug-likeness (QED) is 0.0404. The molecule has 0 radical (unpaired) electrons. The van der Waals surface area contributed by atoms with E-state index in [0.717, 1.165) is 0 Å². The SMILES string of the molecule is CCCC[N+](CCCC)(CCCC)CCCC.CCCC[N+](CCCC)(CCCC)CCCC.FB(F)F.F[P-](F)(F)(F)(F)F.[F-]. The maximum absolute atomic E-state index is 10.7. The summed E-state index contributed by atoms with van der Waals surface area (Å²) in [7, 11) is -14.3. The molecule has 0 saturated carbocycles. The van der Waals surface area contributed by atoms with Crippen LogP contribution in [0.4, 0.5) is 38.1 Å². The Balaban J connectivity index is -0.000000182. The van der Waals surface area contributed by atoms with Gasteiger partial charge < -0.3 is 13.7 Å². The van der Waals surface area contributed by atoms with E-state index < -0.39 is 15.4 Å². The van der Waals surface area contributed by atoms with Crippen LogP contribution in [0, 0.1) is 0 Å². The maximum atomic E-state index is 9.87. The summed E-state index contributed by atoms with van der Waals surface area (Å²) in [4.78, 5) is 0. The average molecular weight is 717 g/mol. The van der Waals surface area contributed by atoms with Gasteiger partial charge in [-0.15, -0.1) is 0 Å². The Kier molecular flexibility index (Phi) is 35.5. The van der Waals surface area contributed by atoms with Crippen LogP contribution < -0.4 is 4.70 Å². The molecule has 0 atom stereocenters. The summed E-state index contributed by atoms with van der Waals surface area (Å²) in [6.07, 6.45) is 22.1. The molecule has 0 aliphatic heterocycles. The smallest absolute Gasteiger partial charge is 1.00 e. The van der Waals surface area contributed by atoms with Crippen LogP contribution in [0.3, 0.4) is 0 Å². The molecule has 0 saturated heterocycles. The van der Waals surface area contributed by atoms with Crippen molar-refractivity contribution < 1.29 is 51.8 Å². The fourth-order valence-electron chi connectivity index (χ4n) is 5.29. The molecule has 0 rings (SSSR count). The Morgan fingerprint density at radius 1 is 0.348 bits per heavy atom. The molecule has 0 aromatic rings. The molecule has 0 fully saturated rings. The van der Waals surface area contributed by atoms with E-state index in [2.05, 4.69) is 55.4 Å². The molecule has 0 heterocycles. The number of rotatable bonds is 24. The predicted molar refractivity (Wildman–Crippen MR) is 181 cm³/mol. The number of halogens is 10. The van der Waals surface area contributed by atoms with Crippen LogP contribution in [-0.2, 0) is 0 Å². The van der Waals surface area contributed by atoms with E-state index >= 15 is 0 Å². The molecule has 0 aliphatic rings. The molecule has 0 spiro atoms. The Labute approximate surface area is 277 Å². The van der Waals surface area contributed by atoms with Gasteiger partial charge in [0.25, 0.3) is 0 Å². The zero-order chi connectivity index (χ0) is 36.0. The van der Waals surface area contributed by atoms with E-state index in [1.54, 1.807) is 0 Å². The zero-order valence-corrected chi connectivity index (χ0v) is 31.6. The first kappa shape index (κ1) is 55.1. The van der Waals surface area contributed by atoms with Crippen molar-refractivity contribution in [2.75, 3.05) is 52.4 Å². The normalized spacial score (nSPS) is 13.0. The van der Waals surface area contributed by atoms with Crippen LogP contribution in [0.2, 0.25) is 0 Å². The van der Waals surface area contributed by atoms with Crippen molar-refractivity contribution in [3.8, 4) is 0 Å².